The Morgan fingerprint density at radius 2 is 2.40 bits per heavy atom. The molecule has 0 aliphatic heterocycles. The van der Waals surface area contributed by atoms with Crippen LogP contribution in [0.2, 0.25) is 0 Å². The van der Waals surface area contributed by atoms with Gasteiger partial charge in [0.15, 0.2) is 0 Å². The van der Waals surface area contributed by atoms with Crippen molar-refractivity contribution >= 4 is 27.6 Å². The number of methoxy groups -OCH3 is 1. The smallest absolute Gasteiger partial charge is 0.307 e. The highest BCUT2D eigenvalue weighted by Gasteiger charge is 2.07. The van der Waals surface area contributed by atoms with Crippen LogP contribution in [0.5, 0.6) is 0 Å². The molecule has 0 bridgehead atoms. The van der Waals surface area contributed by atoms with Crippen LogP contribution in [-0.2, 0) is 9.53 Å². The molecule has 0 spiro atoms. The number of ether oxygens (including phenoxy) is 1. The van der Waals surface area contributed by atoms with Gasteiger partial charge in [-0.25, -0.2) is 0 Å². The first-order valence-electron chi connectivity index (χ1n) is 4.52. The predicted octanol–water partition coefficient (Wildman–Crippen LogP) is 1.84. The fourth-order valence-electron chi connectivity index (χ4n) is 1.16. The van der Waals surface area contributed by atoms with Crippen molar-refractivity contribution in [1.82, 2.24) is 4.98 Å². The third-order valence-electron chi connectivity index (χ3n) is 2.04. The summed E-state index contributed by atoms with van der Waals surface area (Å²) in [5, 5.41) is 0. The maximum Gasteiger partial charge on any atom is 0.307 e. The normalized spacial score (nSPS) is 9.80. The van der Waals surface area contributed by atoms with Crippen molar-refractivity contribution in [3.05, 3.63) is 22.9 Å². The Morgan fingerprint density at radius 3 is 3.00 bits per heavy atom. The molecule has 1 aromatic heterocycles. The highest BCUT2D eigenvalue weighted by Crippen LogP contribution is 2.23. The van der Waals surface area contributed by atoms with Crippen molar-refractivity contribution in [3.63, 3.8) is 0 Å². The number of anilines is 1. The van der Waals surface area contributed by atoms with E-state index < -0.39 is 0 Å². The Labute approximate surface area is 97.4 Å². The summed E-state index contributed by atoms with van der Waals surface area (Å²) in [7, 11) is 3.31. The van der Waals surface area contributed by atoms with Gasteiger partial charge in [0.25, 0.3) is 0 Å². The first-order chi connectivity index (χ1) is 7.15. The number of aromatic nitrogens is 1. The molecule has 0 fully saturated rings. The average molecular weight is 273 g/mol. The third-order valence-corrected chi connectivity index (χ3v) is 2.65. The Hall–Kier alpha value is -1.10. The van der Waals surface area contributed by atoms with E-state index in [9.17, 15) is 4.79 Å². The Morgan fingerprint density at radius 1 is 1.67 bits per heavy atom. The van der Waals surface area contributed by atoms with E-state index in [0.29, 0.717) is 13.0 Å². The van der Waals surface area contributed by atoms with Crippen LogP contribution in [0.25, 0.3) is 0 Å². The van der Waals surface area contributed by atoms with Crippen LogP contribution in [0, 0.1) is 0 Å². The molecule has 0 radical (unpaired) electrons. The maximum absolute atomic E-state index is 11.0. The topological polar surface area (TPSA) is 42.4 Å². The van der Waals surface area contributed by atoms with Crippen molar-refractivity contribution < 1.29 is 9.53 Å². The molecule has 1 rings (SSSR count). The summed E-state index contributed by atoms with van der Waals surface area (Å²) >= 11 is 3.40. The van der Waals surface area contributed by atoms with Gasteiger partial charge in [-0.05, 0) is 22.0 Å². The van der Waals surface area contributed by atoms with Crippen LogP contribution in [0.15, 0.2) is 22.9 Å². The minimum atomic E-state index is -0.202. The lowest BCUT2D eigenvalue weighted by molar-refractivity contribution is -0.140. The molecule has 0 amide bonds. The number of hydrogen-bond donors (Lipinski definition) is 0. The first kappa shape index (κ1) is 12.0. The fourth-order valence-corrected chi connectivity index (χ4v) is 1.71. The number of hydrogen-bond acceptors (Lipinski definition) is 4. The number of rotatable bonds is 4. The minimum absolute atomic E-state index is 0.202. The number of esters is 1. The van der Waals surface area contributed by atoms with Gasteiger partial charge in [-0.15, -0.1) is 0 Å². The SMILES string of the molecule is COC(=O)CCN(C)c1ccncc1Br. The first-order valence-corrected chi connectivity index (χ1v) is 5.32. The van der Waals surface area contributed by atoms with E-state index in [4.69, 9.17) is 0 Å². The molecule has 5 heteroatoms. The van der Waals surface area contributed by atoms with Gasteiger partial charge in [0.05, 0.1) is 23.7 Å². The number of carbonyl (C=O) groups excluding carboxylic acids is 1. The van der Waals surface area contributed by atoms with Gasteiger partial charge in [0.2, 0.25) is 0 Å². The maximum atomic E-state index is 11.0. The molecule has 15 heavy (non-hydrogen) atoms. The molecule has 4 nitrogen and oxygen atoms in total. The minimum Gasteiger partial charge on any atom is -0.469 e. The predicted molar refractivity (Wildman–Crippen MR) is 61.8 cm³/mol. The molecule has 0 unspecified atom stereocenters. The summed E-state index contributed by atoms with van der Waals surface area (Å²) in [6.45, 7) is 0.620. The van der Waals surface area contributed by atoms with Crippen LogP contribution in [0.3, 0.4) is 0 Å². The summed E-state index contributed by atoms with van der Waals surface area (Å²) < 4.78 is 5.49. The van der Waals surface area contributed by atoms with Gasteiger partial charge in [-0.1, -0.05) is 0 Å². The molecule has 0 aromatic carbocycles. The van der Waals surface area contributed by atoms with Gasteiger partial charge in [0, 0.05) is 26.0 Å². The zero-order valence-corrected chi connectivity index (χ0v) is 10.3. The zero-order chi connectivity index (χ0) is 11.3. The Kier molecular flexibility index (Phi) is 4.55. The molecule has 0 aliphatic carbocycles. The summed E-state index contributed by atoms with van der Waals surface area (Å²) in [6, 6.07) is 1.89. The lowest BCUT2D eigenvalue weighted by Crippen LogP contribution is -2.21. The molecule has 0 saturated carbocycles. The monoisotopic (exact) mass is 272 g/mol. The highest BCUT2D eigenvalue weighted by atomic mass is 79.9. The van der Waals surface area contributed by atoms with E-state index in [0.717, 1.165) is 10.2 Å². The van der Waals surface area contributed by atoms with Gasteiger partial charge >= 0.3 is 5.97 Å². The lowest BCUT2D eigenvalue weighted by Gasteiger charge is -2.19. The van der Waals surface area contributed by atoms with Crippen LogP contribution in [0.1, 0.15) is 6.42 Å². The fraction of sp³-hybridized carbons (Fsp3) is 0.400. The van der Waals surface area contributed by atoms with Crippen molar-refractivity contribution in [2.75, 3.05) is 25.6 Å². The molecular formula is C10H13BrN2O2. The molecule has 82 valence electrons. The number of nitrogens with zero attached hydrogens (tertiary/aromatic N) is 2. The molecule has 0 N–H and O–H groups in total. The summed E-state index contributed by atoms with van der Waals surface area (Å²) in [5.41, 5.74) is 1.01. The van der Waals surface area contributed by atoms with E-state index >= 15 is 0 Å². The lowest BCUT2D eigenvalue weighted by atomic mass is 10.3. The summed E-state index contributed by atoms with van der Waals surface area (Å²) in [4.78, 5) is 16.9. The summed E-state index contributed by atoms with van der Waals surface area (Å²) in [6.07, 6.45) is 3.82. The number of pyridine rings is 1. The second-order valence-corrected chi connectivity index (χ2v) is 3.93. The highest BCUT2D eigenvalue weighted by molar-refractivity contribution is 9.10. The van der Waals surface area contributed by atoms with E-state index in [1.165, 1.54) is 7.11 Å². The van der Waals surface area contributed by atoms with E-state index in [1.54, 1.807) is 12.4 Å². The van der Waals surface area contributed by atoms with Crippen molar-refractivity contribution in [1.29, 1.82) is 0 Å². The van der Waals surface area contributed by atoms with Gasteiger partial charge in [-0.2, -0.15) is 0 Å². The van der Waals surface area contributed by atoms with Gasteiger partial charge < -0.3 is 9.64 Å². The van der Waals surface area contributed by atoms with Crippen molar-refractivity contribution in [3.8, 4) is 0 Å². The van der Waals surface area contributed by atoms with E-state index in [-0.39, 0.29) is 5.97 Å². The molecule has 0 saturated heterocycles. The summed E-state index contributed by atoms with van der Waals surface area (Å²) in [5.74, 6) is -0.202. The molecule has 0 atom stereocenters. The van der Waals surface area contributed by atoms with Crippen LogP contribution >= 0.6 is 15.9 Å². The van der Waals surface area contributed by atoms with E-state index in [1.807, 2.05) is 18.0 Å². The van der Waals surface area contributed by atoms with Crippen LogP contribution < -0.4 is 4.90 Å². The third kappa shape index (κ3) is 3.51. The van der Waals surface area contributed by atoms with Crippen LogP contribution in [0.4, 0.5) is 5.69 Å². The molecular weight excluding hydrogens is 260 g/mol. The van der Waals surface area contributed by atoms with Crippen molar-refractivity contribution in [2.45, 2.75) is 6.42 Å². The number of halogens is 1. The van der Waals surface area contributed by atoms with E-state index in [2.05, 4.69) is 25.7 Å². The Bertz CT molecular complexity index is 344. The molecule has 1 heterocycles. The Balaban J connectivity index is 2.57. The second kappa shape index (κ2) is 5.70. The molecule has 1 aromatic rings. The average Bonchev–Trinajstić information content (AvgIpc) is 2.26. The quantitative estimate of drug-likeness (QED) is 0.785. The van der Waals surface area contributed by atoms with Crippen molar-refractivity contribution in [2.24, 2.45) is 0 Å². The molecule has 0 aliphatic rings. The van der Waals surface area contributed by atoms with Crippen LogP contribution in [-0.4, -0.2) is 31.7 Å². The standard InChI is InChI=1S/C10H13BrN2O2/c1-13(6-4-10(14)15-2)9-3-5-12-7-8(9)11/h3,5,7H,4,6H2,1-2H3. The largest absolute Gasteiger partial charge is 0.469 e. The second-order valence-electron chi connectivity index (χ2n) is 3.07. The van der Waals surface area contributed by atoms with Gasteiger partial charge in [0.1, 0.15) is 0 Å². The zero-order valence-electron chi connectivity index (χ0n) is 8.74. The van der Waals surface area contributed by atoms with Gasteiger partial charge in [-0.3, -0.25) is 9.78 Å². The number of carbonyl (C=O) groups is 1.